The standard InChI is InChI=1S/C21H29F2N5O/c1-4-24-21(25-13-19(27(2)3)20-6-5-11-29-20)26-16-9-10-28(14-16)18-8-7-15(22)12-17(18)23/h5-8,11-12,16,19H,4,9-10,13-14H2,1-3H3,(H2,24,25,26). The molecule has 1 aliphatic heterocycles. The van der Waals surface area contributed by atoms with Gasteiger partial charge in [-0.1, -0.05) is 0 Å². The van der Waals surface area contributed by atoms with Crippen LogP contribution in [0, 0.1) is 11.6 Å². The third-order valence-corrected chi connectivity index (χ3v) is 5.04. The fourth-order valence-electron chi connectivity index (χ4n) is 3.51. The highest BCUT2D eigenvalue weighted by molar-refractivity contribution is 5.80. The summed E-state index contributed by atoms with van der Waals surface area (Å²) in [4.78, 5) is 8.73. The van der Waals surface area contributed by atoms with Crippen LogP contribution in [0.1, 0.15) is 25.1 Å². The van der Waals surface area contributed by atoms with Crippen LogP contribution in [0.4, 0.5) is 14.5 Å². The fourth-order valence-corrected chi connectivity index (χ4v) is 3.51. The molecule has 158 valence electrons. The molecule has 0 amide bonds. The largest absolute Gasteiger partial charge is 0.468 e. The van der Waals surface area contributed by atoms with Crippen molar-refractivity contribution < 1.29 is 13.2 Å². The normalized spacial score (nSPS) is 18.3. The molecule has 3 rings (SSSR count). The van der Waals surface area contributed by atoms with Gasteiger partial charge < -0.3 is 20.0 Å². The first-order valence-electron chi connectivity index (χ1n) is 9.92. The van der Waals surface area contributed by atoms with E-state index in [1.165, 1.54) is 12.1 Å². The molecule has 0 saturated carbocycles. The van der Waals surface area contributed by atoms with Crippen molar-refractivity contribution in [3.05, 3.63) is 54.0 Å². The first-order chi connectivity index (χ1) is 14.0. The van der Waals surface area contributed by atoms with Crippen LogP contribution in [0.25, 0.3) is 0 Å². The first-order valence-corrected chi connectivity index (χ1v) is 9.92. The zero-order chi connectivity index (χ0) is 20.8. The number of hydrogen-bond donors (Lipinski definition) is 2. The number of furan rings is 1. The van der Waals surface area contributed by atoms with E-state index in [0.717, 1.165) is 30.8 Å². The Hall–Kier alpha value is -2.61. The number of nitrogens with zero attached hydrogens (tertiary/aromatic N) is 3. The molecule has 1 aromatic carbocycles. The maximum atomic E-state index is 14.1. The van der Waals surface area contributed by atoms with Gasteiger partial charge in [-0.3, -0.25) is 9.89 Å². The summed E-state index contributed by atoms with van der Waals surface area (Å²) in [6.07, 6.45) is 2.51. The first kappa shape index (κ1) is 21.1. The molecule has 0 spiro atoms. The maximum absolute atomic E-state index is 14.1. The Bertz CT molecular complexity index is 809. The lowest BCUT2D eigenvalue weighted by Gasteiger charge is -2.23. The smallest absolute Gasteiger partial charge is 0.191 e. The molecule has 1 aromatic heterocycles. The minimum atomic E-state index is -0.561. The molecular formula is C21H29F2N5O. The molecule has 2 aromatic rings. The van der Waals surface area contributed by atoms with Crippen molar-refractivity contribution in [1.82, 2.24) is 15.5 Å². The number of nitrogens with one attached hydrogen (secondary N) is 2. The second-order valence-corrected chi connectivity index (χ2v) is 7.39. The number of likely N-dealkylation sites (N-methyl/N-ethyl adjacent to an activating group) is 1. The molecule has 2 N–H and O–H groups in total. The Morgan fingerprint density at radius 3 is 2.83 bits per heavy atom. The van der Waals surface area contributed by atoms with Crippen molar-refractivity contribution in [3.63, 3.8) is 0 Å². The molecular weight excluding hydrogens is 376 g/mol. The Morgan fingerprint density at radius 2 is 2.17 bits per heavy atom. The average Bonchev–Trinajstić information content (AvgIpc) is 3.34. The number of halogens is 2. The highest BCUT2D eigenvalue weighted by atomic mass is 19.1. The lowest BCUT2D eigenvalue weighted by molar-refractivity contribution is 0.265. The van der Waals surface area contributed by atoms with Crippen LogP contribution < -0.4 is 15.5 Å². The Kier molecular flexibility index (Phi) is 7.09. The summed E-state index contributed by atoms with van der Waals surface area (Å²) < 4.78 is 32.8. The highest BCUT2D eigenvalue weighted by Crippen LogP contribution is 2.24. The van der Waals surface area contributed by atoms with Gasteiger partial charge in [0.15, 0.2) is 5.96 Å². The number of guanidine groups is 1. The van der Waals surface area contributed by atoms with Crippen LogP contribution in [0.2, 0.25) is 0 Å². The van der Waals surface area contributed by atoms with Gasteiger partial charge in [-0.05, 0) is 51.7 Å². The van der Waals surface area contributed by atoms with E-state index in [9.17, 15) is 8.78 Å². The SMILES string of the molecule is CCNC(=NCC(c1ccco1)N(C)C)NC1CCN(c2ccc(F)cc2F)C1. The van der Waals surface area contributed by atoms with Gasteiger partial charge in [0.2, 0.25) is 0 Å². The number of rotatable bonds is 7. The number of hydrogen-bond acceptors (Lipinski definition) is 4. The molecule has 8 heteroatoms. The molecule has 0 bridgehead atoms. The molecule has 29 heavy (non-hydrogen) atoms. The van der Waals surface area contributed by atoms with Crippen molar-refractivity contribution in [2.75, 3.05) is 45.2 Å². The number of benzene rings is 1. The van der Waals surface area contributed by atoms with Crippen molar-refractivity contribution in [2.45, 2.75) is 25.4 Å². The summed E-state index contributed by atoms with van der Waals surface area (Å²) in [5.41, 5.74) is 0.433. The Labute approximate surface area is 170 Å². The second kappa shape index (κ2) is 9.73. The van der Waals surface area contributed by atoms with Gasteiger partial charge in [0.1, 0.15) is 17.4 Å². The molecule has 2 atom stereocenters. The molecule has 2 heterocycles. The topological polar surface area (TPSA) is 56.0 Å². The summed E-state index contributed by atoms with van der Waals surface area (Å²) in [5.74, 6) is 0.498. The third-order valence-electron chi connectivity index (χ3n) is 5.04. The molecule has 1 aliphatic rings. The predicted octanol–water partition coefficient (Wildman–Crippen LogP) is 2.99. The van der Waals surface area contributed by atoms with Crippen LogP contribution in [0.5, 0.6) is 0 Å². The summed E-state index contributed by atoms with van der Waals surface area (Å²) in [6.45, 7) is 4.62. The molecule has 1 saturated heterocycles. The molecule has 6 nitrogen and oxygen atoms in total. The van der Waals surface area contributed by atoms with E-state index in [2.05, 4.69) is 15.5 Å². The van der Waals surface area contributed by atoms with Crippen LogP contribution >= 0.6 is 0 Å². The van der Waals surface area contributed by atoms with Gasteiger partial charge in [-0.2, -0.15) is 0 Å². The van der Waals surface area contributed by atoms with Crippen LogP contribution in [-0.4, -0.2) is 57.2 Å². The summed E-state index contributed by atoms with van der Waals surface area (Å²) in [6, 6.07) is 7.70. The van der Waals surface area contributed by atoms with Gasteiger partial charge in [-0.25, -0.2) is 8.78 Å². The lowest BCUT2D eigenvalue weighted by Crippen LogP contribution is -2.45. The van der Waals surface area contributed by atoms with Crippen molar-refractivity contribution in [2.24, 2.45) is 4.99 Å². The van der Waals surface area contributed by atoms with Gasteiger partial charge in [-0.15, -0.1) is 0 Å². The summed E-state index contributed by atoms with van der Waals surface area (Å²) >= 11 is 0. The fraction of sp³-hybridized carbons (Fsp3) is 0.476. The van der Waals surface area contributed by atoms with Gasteiger partial charge in [0.05, 0.1) is 24.5 Å². The zero-order valence-electron chi connectivity index (χ0n) is 17.2. The van der Waals surface area contributed by atoms with Crippen LogP contribution in [-0.2, 0) is 0 Å². The third kappa shape index (κ3) is 5.47. The van der Waals surface area contributed by atoms with Gasteiger partial charge in [0, 0.05) is 31.7 Å². The average molecular weight is 405 g/mol. The summed E-state index contributed by atoms with van der Waals surface area (Å²) in [5, 5.41) is 6.71. The molecule has 0 radical (unpaired) electrons. The molecule has 1 fully saturated rings. The molecule has 0 aliphatic carbocycles. The monoisotopic (exact) mass is 405 g/mol. The van der Waals surface area contributed by atoms with Crippen molar-refractivity contribution in [3.8, 4) is 0 Å². The second-order valence-electron chi connectivity index (χ2n) is 7.39. The maximum Gasteiger partial charge on any atom is 0.191 e. The van der Waals surface area contributed by atoms with Crippen molar-refractivity contribution >= 4 is 11.6 Å². The molecule has 2 unspecified atom stereocenters. The minimum absolute atomic E-state index is 0.0360. The Morgan fingerprint density at radius 1 is 1.34 bits per heavy atom. The Balaban J connectivity index is 1.63. The quantitative estimate of drug-likeness (QED) is 0.548. The van der Waals surface area contributed by atoms with E-state index in [1.807, 2.05) is 38.1 Å². The van der Waals surface area contributed by atoms with E-state index in [4.69, 9.17) is 9.41 Å². The van der Waals surface area contributed by atoms with E-state index < -0.39 is 11.6 Å². The van der Waals surface area contributed by atoms with E-state index in [1.54, 1.807) is 6.26 Å². The van der Waals surface area contributed by atoms with Crippen LogP contribution in [0.15, 0.2) is 46.0 Å². The highest BCUT2D eigenvalue weighted by Gasteiger charge is 2.25. The van der Waals surface area contributed by atoms with E-state index in [-0.39, 0.29) is 12.1 Å². The number of anilines is 1. The van der Waals surface area contributed by atoms with Gasteiger partial charge in [0.25, 0.3) is 0 Å². The number of aliphatic imine (C=N–C) groups is 1. The van der Waals surface area contributed by atoms with Gasteiger partial charge >= 0.3 is 0 Å². The van der Waals surface area contributed by atoms with E-state index >= 15 is 0 Å². The summed E-state index contributed by atoms with van der Waals surface area (Å²) in [7, 11) is 3.99. The van der Waals surface area contributed by atoms with Crippen LogP contribution in [0.3, 0.4) is 0 Å². The van der Waals surface area contributed by atoms with Crippen molar-refractivity contribution in [1.29, 1.82) is 0 Å². The predicted molar refractivity (Wildman–Crippen MR) is 111 cm³/mol. The lowest BCUT2D eigenvalue weighted by atomic mass is 10.2. The van der Waals surface area contributed by atoms with E-state index in [0.29, 0.717) is 25.3 Å². The zero-order valence-corrected chi connectivity index (χ0v) is 17.2. The minimum Gasteiger partial charge on any atom is -0.468 e.